The van der Waals surface area contributed by atoms with Gasteiger partial charge in [-0.15, -0.1) is 0 Å². The molecule has 2 fully saturated rings. The predicted molar refractivity (Wildman–Crippen MR) is 61.9 cm³/mol. The molecule has 1 atom stereocenters. The molecule has 0 aromatic rings. The van der Waals surface area contributed by atoms with Crippen molar-refractivity contribution >= 4 is 5.91 Å². The van der Waals surface area contributed by atoms with Gasteiger partial charge < -0.3 is 15.4 Å². The number of nitrogens with zero attached hydrogens (tertiary/aromatic N) is 1. The zero-order valence-corrected chi connectivity index (χ0v) is 10.5. The molecule has 1 aliphatic heterocycles. The van der Waals surface area contributed by atoms with Gasteiger partial charge in [-0.2, -0.15) is 0 Å². The number of carbonyl (C=O) groups is 1. The van der Waals surface area contributed by atoms with Crippen molar-refractivity contribution in [3.8, 4) is 0 Å². The molecule has 0 aromatic carbocycles. The molecule has 1 amide bonds. The number of rotatable bonds is 2. The third-order valence-corrected chi connectivity index (χ3v) is 3.55. The molecule has 1 saturated carbocycles. The maximum absolute atomic E-state index is 12.3. The van der Waals surface area contributed by atoms with Crippen molar-refractivity contribution < 1.29 is 9.53 Å². The summed E-state index contributed by atoms with van der Waals surface area (Å²) in [7, 11) is 0. The van der Waals surface area contributed by atoms with Crippen LogP contribution in [-0.2, 0) is 9.53 Å². The fourth-order valence-electron chi connectivity index (χ4n) is 2.60. The number of nitrogens with two attached hydrogens (primary N) is 1. The Hall–Kier alpha value is -0.610. The van der Waals surface area contributed by atoms with E-state index >= 15 is 0 Å². The molecule has 2 rings (SSSR count). The fourth-order valence-corrected chi connectivity index (χ4v) is 2.60. The first kappa shape index (κ1) is 11.9. The molecule has 16 heavy (non-hydrogen) atoms. The Labute approximate surface area is 97.1 Å². The Bertz CT molecular complexity index is 297. The number of hydrogen-bond donors (Lipinski definition) is 1. The van der Waals surface area contributed by atoms with Crippen molar-refractivity contribution in [2.75, 3.05) is 19.6 Å². The van der Waals surface area contributed by atoms with Gasteiger partial charge in [-0.25, -0.2) is 0 Å². The summed E-state index contributed by atoms with van der Waals surface area (Å²) in [6.07, 6.45) is 2.02. The van der Waals surface area contributed by atoms with Gasteiger partial charge in [0.1, 0.15) is 0 Å². The minimum atomic E-state index is -0.238. The first-order valence-electron chi connectivity index (χ1n) is 6.06. The minimum Gasteiger partial charge on any atom is -0.369 e. The summed E-state index contributed by atoms with van der Waals surface area (Å²) in [5, 5.41) is 0. The number of carbonyl (C=O) groups excluding carboxylic acids is 1. The van der Waals surface area contributed by atoms with Crippen molar-refractivity contribution in [1.82, 2.24) is 4.90 Å². The molecule has 0 radical (unpaired) electrons. The lowest BCUT2D eigenvalue weighted by Gasteiger charge is -2.42. The van der Waals surface area contributed by atoms with E-state index in [2.05, 4.69) is 0 Å². The lowest BCUT2D eigenvalue weighted by Crippen LogP contribution is -2.56. The van der Waals surface area contributed by atoms with Crippen LogP contribution >= 0.6 is 0 Å². The Morgan fingerprint density at radius 3 is 2.56 bits per heavy atom. The average Bonchev–Trinajstić information content (AvgIpc) is 2.94. The molecule has 2 aliphatic rings. The Morgan fingerprint density at radius 1 is 1.50 bits per heavy atom. The Kier molecular flexibility index (Phi) is 2.75. The van der Waals surface area contributed by atoms with Crippen LogP contribution in [0.2, 0.25) is 0 Å². The quantitative estimate of drug-likeness (QED) is 0.756. The molecule has 1 saturated heterocycles. The van der Waals surface area contributed by atoms with Crippen LogP contribution in [0.25, 0.3) is 0 Å². The minimum absolute atomic E-state index is 0.112. The molecular formula is C12H22N2O2. The van der Waals surface area contributed by atoms with Crippen LogP contribution in [0.5, 0.6) is 0 Å². The molecular weight excluding hydrogens is 204 g/mol. The normalized spacial score (nSPS) is 31.2. The number of amides is 1. The van der Waals surface area contributed by atoms with E-state index in [-0.39, 0.29) is 23.0 Å². The van der Waals surface area contributed by atoms with Crippen molar-refractivity contribution in [3.05, 3.63) is 0 Å². The molecule has 1 heterocycles. The van der Waals surface area contributed by atoms with Crippen LogP contribution in [0.1, 0.15) is 33.6 Å². The highest BCUT2D eigenvalue weighted by molar-refractivity contribution is 5.85. The highest BCUT2D eigenvalue weighted by Crippen LogP contribution is 2.46. The molecule has 0 aromatic heterocycles. The first-order valence-corrected chi connectivity index (χ1v) is 6.06. The van der Waals surface area contributed by atoms with Gasteiger partial charge >= 0.3 is 0 Å². The van der Waals surface area contributed by atoms with Gasteiger partial charge in [0.05, 0.1) is 17.1 Å². The van der Waals surface area contributed by atoms with E-state index in [4.69, 9.17) is 10.5 Å². The number of hydrogen-bond acceptors (Lipinski definition) is 3. The van der Waals surface area contributed by atoms with Gasteiger partial charge in [-0.1, -0.05) is 0 Å². The maximum Gasteiger partial charge on any atom is 0.230 e. The molecule has 1 unspecified atom stereocenters. The van der Waals surface area contributed by atoms with E-state index in [1.165, 1.54) is 0 Å². The Balaban J connectivity index is 2.07. The highest BCUT2D eigenvalue weighted by Gasteiger charge is 2.51. The van der Waals surface area contributed by atoms with Gasteiger partial charge in [0.2, 0.25) is 5.91 Å². The van der Waals surface area contributed by atoms with Crippen LogP contribution < -0.4 is 5.73 Å². The van der Waals surface area contributed by atoms with Crippen molar-refractivity contribution in [2.24, 2.45) is 11.1 Å². The van der Waals surface area contributed by atoms with Crippen molar-refractivity contribution in [1.29, 1.82) is 0 Å². The molecule has 1 aliphatic carbocycles. The second-order valence-electron chi connectivity index (χ2n) is 5.86. The standard InChI is InChI=1S/C12H22N2O2/c1-9-6-14(8-11(2,3)16-9)10(15)12(7-13)4-5-12/h9H,4-8,13H2,1-3H3. The van der Waals surface area contributed by atoms with Crippen molar-refractivity contribution in [2.45, 2.75) is 45.3 Å². The van der Waals surface area contributed by atoms with Crippen LogP contribution in [-0.4, -0.2) is 42.1 Å². The first-order chi connectivity index (χ1) is 7.38. The van der Waals surface area contributed by atoms with E-state index in [9.17, 15) is 4.79 Å². The second kappa shape index (κ2) is 3.70. The van der Waals surface area contributed by atoms with E-state index in [1.54, 1.807) is 0 Å². The van der Waals surface area contributed by atoms with Crippen LogP contribution in [0.15, 0.2) is 0 Å². The summed E-state index contributed by atoms with van der Waals surface area (Å²) in [4.78, 5) is 14.3. The molecule has 4 heteroatoms. The maximum atomic E-state index is 12.3. The zero-order chi connectivity index (χ0) is 12.0. The second-order valence-corrected chi connectivity index (χ2v) is 5.86. The fraction of sp³-hybridized carbons (Fsp3) is 0.917. The van der Waals surface area contributed by atoms with E-state index in [1.807, 2.05) is 25.7 Å². The molecule has 2 N–H and O–H groups in total. The van der Waals surface area contributed by atoms with Gasteiger partial charge in [0, 0.05) is 19.6 Å². The third kappa shape index (κ3) is 2.09. The molecule has 92 valence electrons. The van der Waals surface area contributed by atoms with Crippen LogP contribution in [0.3, 0.4) is 0 Å². The molecule has 4 nitrogen and oxygen atoms in total. The lowest BCUT2D eigenvalue weighted by atomic mass is 10.0. The van der Waals surface area contributed by atoms with E-state index in [0.29, 0.717) is 19.6 Å². The predicted octanol–water partition coefficient (Wildman–Crippen LogP) is 0.751. The zero-order valence-electron chi connectivity index (χ0n) is 10.5. The SMILES string of the molecule is CC1CN(C(=O)C2(CN)CC2)CC(C)(C)O1. The van der Waals surface area contributed by atoms with E-state index < -0.39 is 0 Å². The third-order valence-electron chi connectivity index (χ3n) is 3.55. The molecule has 0 spiro atoms. The van der Waals surface area contributed by atoms with Gasteiger partial charge in [-0.3, -0.25) is 4.79 Å². The summed E-state index contributed by atoms with van der Waals surface area (Å²) in [6.45, 7) is 7.94. The summed E-state index contributed by atoms with van der Waals surface area (Å²) in [5.41, 5.74) is 5.23. The van der Waals surface area contributed by atoms with Gasteiger partial charge in [0.15, 0.2) is 0 Å². The van der Waals surface area contributed by atoms with Gasteiger partial charge in [-0.05, 0) is 33.6 Å². The monoisotopic (exact) mass is 226 g/mol. The Morgan fingerprint density at radius 2 is 2.12 bits per heavy atom. The smallest absolute Gasteiger partial charge is 0.230 e. The highest BCUT2D eigenvalue weighted by atomic mass is 16.5. The lowest BCUT2D eigenvalue weighted by molar-refractivity contribution is -0.162. The van der Waals surface area contributed by atoms with Gasteiger partial charge in [0.25, 0.3) is 0 Å². The summed E-state index contributed by atoms with van der Waals surface area (Å²) < 4.78 is 5.80. The number of ether oxygens (including phenoxy) is 1. The van der Waals surface area contributed by atoms with Crippen LogP contribution in [0, 0.1) is 5.41 Å². The van der Waals surface area contributed by atoms with E-state index in [0.717, 1.165) is 12.8 Å². The summed E-state index contributed by atoms with van der Waals surface area (Å²) in [5.74, 6) is 0.234. The van der Waals surface area contributed by atoms with Crippen LogP contribution in [0.4, 0.5) is 0 Å². The summed E-state index contributed by atoms with van der Waals surface area (Å²) >= 11 is 0. The topological polar surface area (TPSA) is 55.6 Å². The van der Waals surface area contributed by atoms with Crippen molar-refractivity contribution in [3.63, 3.8) is 0 Å². The number of morpholine rings is 1. The molecule has 0 bridgehead atoms. The average molecular weight is 226 g/mol. The summed E-state index contributed by atoms with van der Waals surface area (Å²) in [6, 6.07) is 0. The largest absolute Gasteiger partial charge is 0.369 e.